The maximum absolute atomic E-state index is 12.1. The van der Waals surface area contributed by atoms with E-state index in [1.165, 1.54) is 12.7 Å². The van der Waals surface area contributed by atoms with Crippen molar-refractivity contribution < 1.29 is 9.53 Å². The molecule has 0 bridgehead atoms. The normalized spacial score (nSPS) is 17.4. The molecule has 2 rings (SSSR count). The van der Waals surface area contributed by atoms with Gasteiger partial charge in [0.25, 0.3) is 0 Å². The molecule has 0 spiro atoms. The summed E-state index contributed by atoms with van der Waals surface area (Å²) in [5.41, 5.74) is 7.83. The molecule has 1 aromatic carbocycles. The van der Waals surface area contributed by atoms with Crippen LogP contribution in [0, 0.1) is 12.8 Å². The van der Waals surface area contributed by atoms with Crippen LogP contribution < -0.4 is 10.6 Å². The van der Waals surface area contributed by atoms with Crippen molar-refractivity contribution in [3.8, 4) is 0 Å². The molecule has 0 aliphatic heterocycles. The third-order valence-corrected chi connectivity index (χ3v) is 4.16. The van der Waals surface area contributed by atoms with Crippen molar-refractivity contribution >= 4 is 11.7 Å². The van der Waals surface area contributed by atoms with Gasteiger partial charge in [0.1, 0.15) is 5.54 Å². The number of methoxy groups -OCH3 is 1. The number of nitrogens with two attached hydrogens (primary N) is 1. The van der Waals surface area contributed by atoms with Crippen LogP contribution in [-0.4, -0.2) is 31.7 Å². The summed E-state index contributed by atoms with van der Waals surface area (Å²) in [6.45, 7) is 5.47. The highest BCUT2D eigenvalue weighted by atomic mass is 16.5. The molecule has 20 heavy (non-hydrogen) atoms. The Kier molecular flexibility index (Phi) is 4.33. The highest BCUT2D eigenvalue weighted by Crippen LogP contribution is 2.40. The summed E-state index contributed by atoms with van der Waals surface area (Å²) in [7, 11) is 1.41. The molecule has 0 radical (unpaired) electrons. The minimum absolute atomic E-state index is 0.244. The van der Waals surface area contributed by atoms with Gasteiger partial charge >= 0.3 is 5.97 Å². The molecule has 4 heteroatoms. The number of para-hydroxylation sites is 1. The van der Waals surface area contributed by atoms with Gasteiger partial charge in [-0.1, -0.05) is 18.2 Å². The summed E-state index contributed by atoms with van der Waals surface area (Å²) < 4.78 is 4.94. The van der Waals surface area contributed by atoms with Gasteiger partial charge in [0, 0.05) is 18.8 Å². The van der Waals surface area contributed by atoms with Crippen LogP contribution in [0.25, 0.3) is 0 Å². The van der Waals surface area contributed by atoms with Crippen LogP contribution in [0.4, 0.5) is 5.69 Å². The largest absolute Gasteiger partial charge is 0.468 e. The van der Waals surface area contributed by atoms with Gasteiger partial charge in [0.15, 0.2) is 0 Å². The van der Waals surface area contributed by atoms with Gasteiger partial charge < -0.3 is 15.4 Å². The summed E-state index contributed by atoms with van der Waals surface area (Å²) in [6.07, 6.45) is 2.02. The van der Waals surface area contributed by atoms with Crippen LogP contribution in [0.15, 0.2) is 24.3 Å². The topological polar surface area (TPSA) is 55.6 Å². The second-order valence-corrected chi connectivity index (χ2v) is 5.61. The molecule has 0 amide bonds. The second-order valence-electron chi connectivity index (χ2n) is 5.61. The zero-order chi connectivity index (χ0) is 14.8. The van der Waals surface area contributed by atoms with Crippen molar-refractivity contribution in [2.45, 2.75) is 32.2 Å². The number of anilines is 1. The first kappa shape index (κ1) is 14.9. The van der Waals surface area contributed by atoms with E-state index >= 15 is 0 Å². The fourth-order valence-electron chi connectivity index (χ4n) is 2.75. The molecule has 110 valence electrons. The number of benzene rings is 1. The molecular formula is C16H24N2O2. The molecular weight excluding hydrogens is 252 g/mol. The van der Waals surface area contributed by atoms with Crippen molar-refractivity contribution in [2.75, 3.05) is 25.1 Å². The van der Waals surface area contributed by atoms with Gasteiger partial charge in [-0.15, -0.1) is 0 Å². The fourth-order valence-corrected chi connectivity index (χ4v) is 2.75. The molecule has 1 fully saturated rings. The highest BCUT2D eigenvalue weighted by molar-refractivity contribution is 5.82. The Hall–Kier alpha value is -1.55. The average molecular weight is 276 g/mol. The predicted molar refractivity (Wildman–Crippen MR) is 80.7 cm³/mol. The maximum atomic E-state index is 12.1. The number of nitrogens with zero attached hydrogens (tertiary/aromatic N) is 1. The molecule has 0 heterocycles. The van der Waals surface area contributed by atoms with E-state index in [1.807, 2.05) is 12.1 Å². The monoisotopic (exact) mass is 276 g/mol. The van der Waals surface area contributed by atoms with Gasteiger partial charge in [-0.3, -0.25) is 0 Å². The van der Waals surface area contributed by atoms with Crippen molar-refractivity contribution in [3.05, 3.63) is 29.8 Å². The Morgan fingerprint density at radius 2 is 2.10 bits per heavy atom. The fraction of sp³-hybridized carbons (Fsp3) is 0.562. The maximum Gasteiger partial charge on any atom is 0.327 e. The van der Waals surface area contributed by atoms with Crippen LogP contribution in [0.1, 0.15) is 25.3 Å². The lowest BCUT2D eigenvalue weighted by Gasteiger charge is -2.35. The number of carbonyl (C=O) groups is 1. The van der Waals surface area contributed by atoms with Crippen molar-refractivity contribution in [2.24, 2.45) is 11.7 Å². The third-order valence-electron chi connectivity index (χ3n) is 4.16. The average Bonchev–Trinajstić information content (AvgIpc) is 3.29. The Labute approximate surface area is 120 Å². The number of carbonyl (C=O) groups excluding carboxylic acids is 1. The van der Waals surface area contributed by atoms with Gasteiger partial charge in [-0.05, 0) is 44.2 Å². The lowest BCUT2D eigenvalue weighted by molar-refractivity contribution is -0.147. The number of likely N-dealkylation sites (N-methyl/N-ethyl adjacent to an activating group) is 1. The van der Waals surface area contributed by atoms with Crippen molar-refractivity contribution in [1.82, 2.24) is 0 Å². The van der Waals surface area contributed by atoms with E-state index in [2.05, 4.69) is 30.9 Å². The van der Waals surface area contributed by atoms with E-state index in [-0.39, 0.29) is 11.9 Å². The molecule has 4 nitrogen and oxygen atoms in total. The number of aryl methyl sites for hydroxylation is 1. The van der Waals surface area contributed by atoms with E-state index < -0.39 is 5.54 Å². The molecule has 1 aliphatic carbocycles. The minimum Gasteiger partial charge on any atom is -0.468 e. The first-order valence-corrected chi connectivity index (χ1v) is 7.20. The number of rotatable bonds is 6. The summed E-state index contributed by atoms with van der Waals surface area (Å²) in [6, 6.07) is 8.18. The van der Waals surface area contributed by atoms with Gasteiger partial charge in [0.2, 0.25) is 0 Å². The van der Waals surface area contributed by atoms with Crippen LogP contribution in [0.2, 0.25) is 0 Å². The third kappa shape index (κ3) is 2.80. The first-order valence-electron chi connectivity index (χ1n) is 7.20. The van der Waals surface area contributed by atoms with Crippen LogP contribution in [-0.2, 0) is 9.53 Å². The van der Waals surface area contributed by atoms with Gasteiger partial charge in [-0.25, -0.2) is 4.79 Å². The lowest BCUT2D eigenvalue weighted by Crippen LogP contribution is -2.58. The number of hydrogen-bond donors (Lipinski definition) is 1. The molecule has 1 unspecified atom stereocenters. The van der Waals surface area contributed by atoms with E-state index in [9.17, 15) is 4.79 Å². The van der Waals surface area contributed by atoms with Crippen LogP contribution in [0.5, 0.6) is 0 Å². The Bertz CT molecular complexity index is 485. The molecule has 0 saturated heterocycles. The Morgan fingerprint density at radius 3 is 2.60 bits per heavy atom. The molecule has 2 N–H and O–H groups in total. The van der Waals surface area contributed by atoms with Gasteiger partial charge in [-0.2, -0.15) is 0 Å². The van der Waals surface area contributed by atoms with Crippen molar-refractivity contribution in [1.29, 1.82) is 0 Å². The number of esters is 1. The lowest BCUT2D eigenvalue weighted by atomic mass is 9.93. The summed E-state index contributed by atoms with van der Waals surface area (Å²) in [4.78, 5) is 14.3. The summed E-state index contributed by atoms with van der Waals surface area (Å²) in [5.74, 6) is -0.0555. The van der Waals surface area contributed by atoms with Crippen molar-refractivity contribution in [3.63, 3.8) is 0 Å². The van der Waals surface area contributed by atoms with E-state index in [4.69, 9.17) is 10.5 Å². The second kappa shape index (κ2) is 5.83. The highest BCUT2D eigenvalue weighted by Gasteiger charge is 2.49. The standard InChI is InChI=1S/C16H24N2O2/c1-4-18(14-8-6-5-7-12(14)2)11-16(17,13-9-10-13)15(19)20-3/h5-8,13H,4,9-11,17H2,1-3H3. The number of hydrogen-bond acceptors (Lipinski definition) is 4. The van der Waals surface area contributed by atoms with Gasteiger partial charge in [0.05, 0.1) is 7.11 Å². The predicted octanol–water partition coefficient (Wildman–Crippen LogP) is 2.10. The molecule has 1 atom stereocenters. The minimum atomic E-state index is -0.896. The smallest absolute Gasteiger partial charge is 0.327 e. The van der Waals surface area contributed by atoms with E-state index in [1.54, 1.807) is 0 Å². The van der Waals surface area contributed by atoms with E-state index in [0.29, 0.717) is 6.54 Å². The molecule has 1 aromatic rings. The zero-order valence-electron chi connectivity index (χ0n) is 12.6. The van der Waals surface area contributed by atoms with E-state index in [0.717, 1.165) is 25.1 Å². The Balaban J connectivity index is 2.24. The van der Waals surface area contributed by atoms with Crippen LogP contribution >= 0.6 is 0 Å². The molecule has 1 aliphatic rings. The zero-order valence-corrected chi connectivity index (χ0v) is 12.6. The number of ether oxygens (including phenoxy) is 1. The summed E-state index contributed by atoms with van der Waals surface area (Å²) >= 11 is 0. The SMILES string of the molecule is CCN(CC(N)(C(=O)OC)C1CC1)c1ccccc1C. The summed E-state index contributed by atoms with van der Waals surface area (Å²) in [5, 5.41) is 0. The molecule has 0 aromatic heterocycles. The first-order chi connectivity index (χ1) is 9.52. The quantitative estimate of drug-likeness (QED) is 0.808. The molecule has 1 saturated carbocycles. The Morgan fingerprint density at radius 1 is 1.45 bits per heavy atom. The van der Waals surface area contributed by atoms with Crippen LogP contribution in [0.3, 0.4) is 0 Å².